The molecule has 0 N–H and O–H groups in total. The molecule has 0 amide bonds. The lowest BCUT2D eigenvalue weighted by Gasteiger charge is -2.14. The molecule has 0 fully saturated rings. The average Bonchev–Trinajstić information content (AvgIpc) is 2.41. The first kappa shape index (κ1) is 19.4. The zero-order valence-corrected chi connectivity index (χ0v) is 14.9. The predicted molar refractivity (Wildman–Crippen MR) is 87.3 cm³/mol. The molecule has 0 aromatic carbocycles. The van der Waals surface area contributed by atoms with Crippen LogP contribution in [-0.4, -0.2) is 27.1 Å². The molecule has 0 saturated carbocycles. The Morgan fingerprint density at radius 2 is 1.76 bits per heavy atom. The van der Waals surface area contributed by atoms with Crippen molar-refractivity contribution >= 4 is 20.0 Å². The molecule has 0 atom stereocenters. The minimum atomic E-state index is -1.57. The number of rotatable bonds is 7. The normalized spacial score (nSPS) is 13.3. The third-order valence-corrected chi connectivity index (χ3v) is 3.82. The molecule has 0 aromatic rings. The lowest BCUT2D eigenvalue weighted by atomic mass is 10.2. The molecule has 118 valence electrons. The van der Waals surface area contributed by atoms with Crippen molar-refractivity contribution in [1.29, 1.82) is 0 Å². The van der Waals surface area contributed by atoms with E-state index in [1.54, 1.807) is 6.92 Å². The summed E-state index contributed by atoms with van der Waals surface area (Å²) in [7, 11) is -0.268. The second-order valence-corrected chi connectivity index (χ2v) is 10.9. The Hall–Kier alpha value is -1.62. The van der Waals surface area contributed by atoms with Gasteiger partial charge in [0.25, 0.3) is 0 Å². The molecular formula is C16H26O4Si. The van der Waals surface area contributed by atoms with Gasteiger partial charge in [-0.2, -0.15) is 0 Å². The summed E-state index contributed by atoms with van der Waals surface area (Å²) < 4.78 is 10.1. The average molecular weight is 310 g/mol. The fourth-order valence-electron chi connectivity index (χ4n) is 1.65. The molecular weight excluding hydrogens is 284 g/mol. The number of ether oxygens (including phenoxy) is 2. The highest BCUT2D eigenvalue weighted by Crippen LogP contribution is 2.18. The van der Waals surface area contributed by atoms with Crippen LogP contribution in [0.25, 0.3) is 0 Å². The smallest absolute Gasteiger partial charge is 0.342 e. The molecule has 4 nitrogen and oxygen atoms in total. The van der Waals surface area contributed by atoms with Gasteiger partial charge in [-0.25, -0.2) is 9.59 Å². The number of allylic oxidation sites excluding steroid dienone is 1. The Morgan fingerprint density at radius 1 is 1.19 bits per heavy atom. The summed E-state index contributed by atoms with van der Waals surface area (Å²) in [6, 6.07) is 0. The molecule has 0 radical (unpaired) electrons. The van der Waals surface area contributed by atoms with E-state index in [4.69, 9.17) is 4.74 Å². The highest BCUT2D eigenvalue weighted by molar-refractivity contribution is 6.81. The van der Waals surface area contributed by atoms with E-state index in [2.05, 4.69) is 31.0 Å². The first-order valence-corrected chi connectivity index (χ1v) is 10.6. The van der Waals surface area contributed by atoms with E-state index in [0.717, 1.165) is 6.42 Å². The van der Waals surface area contributed by atoms with Gasteiger partial charge >= 0.3 is 11.9 Å². The number of carbonyl (C=O) groups excluding carboxylic acids is 2. The molecule has 0 aromatic heterocycles. The standard InChI is InChI=1S/C16H26O4Si/c1-8-10-14(12(3)15(17)19-4)20-16(18)13(9-2)11-21(5,6)7/h9,11H,2,8,10H2,1,3-7H3. The lowest BCUT2D eigenvalue weighted by molar-refractivity contribution is -0.137. The molecule has 0 spiro atoms. The van der Waals surface area contributed by atoms with Crippen LogP contribution in [0.4, 0.5) is 0 Å². The van der Waals surface area contributed by atoms with Crippen molar-refractivity contribution in [3.05, 3.63) is 35.3 Å². The second-order valence-electron chi connectivity index (χ2n) is 5.85. The highest BCUT2D eigenvalue weighted by Gasteiger charge is 2.19. The van der Waals surface area contributed by atoms with Gasteiger partial charge in [0, 0.05) is 6.42 Å². The van der Waals surface area contributed by atoms with Gasteiger partial charge in [-0.15, -0.1) is 0 Å². The first-order valence-electron chi connectivity index (χ1n) is 7.01. The topological polar surface area (TPSA) is 52.6 Å². The van der Waals surface area contributed by atoms with Crippen LogP contribution < -0.4 is 0 Å². The van der Waals surface area contributed by atoms with Gasteiger partial charge in [0.1, 0.15) is 5.76 Å². The van der Waals surface area contributed by atoms with Gasteiger partial charge in [-0.05, 0) is 13.3 Å². The van der Waals surface area contributed by atoms with Crippen LogP contribution in [0.3, 0.4) is 0 Å². The molecule has 0 unspecified atom stereocenters. The molecule has 0 heterocycles. The lowest BCUT2D eigenvalue weighted by Crippen LogP contribution is -2.20. The molecule has 0 rings (SSSR count). The van der Waals surface area contributed by atoms with Crippen molar-refractivity contribution in [3.63, 3.8) is 0 Å². The summed E-state index contributed by atoms with van der Waals surface area (Å²) in [5.41, 5.74) is 2.70. The summed E-state index contributed by atoms with van der Waals surface area (Å²) in [4.78, 5) is 23.8. The highest BCUT2D eigenvalue weighted by atomic mass is 28.3. The molecule has 0 saturated heterocycles. The zero-order valence-electron chi connectivity index (χ0n) is 13.9. The molecule has 0 aliphatic rings. The third kappa shape index (κ3) is 7.08. The second kappa shape index (κ2) is 8.62. The van der Waals surface area contributed by atoms with Crippen molar-refractivity contribution in [3.8, 4) is 0 Å². The van der Waals surface area contributed by atoms with Gasteiger partial charge in [-0.3, -0.25) is 0 Å². The van der Waals surface area contributed by atoms with E-state index in [-0.39, 0.29) is 0 Å². The Morgan fingerprint density at radius 3 is 2.14 bits per heavy atom. The largest absolute Gasteiger partial charge is 0.466 e. The third-order valence-electron chi connectivity index (χ3n) is 2.65. The first-order chi connectivity index (χ1) is 9.66. The van der Waals surface area contributed by atoms with Crippen LogP contribution in [0, 0.1) is 0 Å². The maximum Gasteiger partial charge on any atom is 0.342 e. The van der Waals surface area contributed by atoms with Crippen LogP contribution in [0.5, 0.6) is 0 Å². The SMILES string of the molecule is C=CC(=C[Si](C)(C)C)C(=O)OC(CCC)=C(C)C(=O)OC. The maximum atomic E-state index is 12.2. The van der Waals surface area contributed by atoms with E-state index in [0.29, 0.717) is 23.3 Å². The van der Waals surface area contributed by atoms with Crippen molar-refractivity contribution in [2.75, 3.05) is 7.11 Å². The number of esters is 2. The number of hydrogen-bond acceptors (Lipinski definition) is 4. The van der Waals surface area contributed by atoms with Crippen LogP contribution >= 0.6 is 0 Å². The van der Waals surface area contributed by atoms with Crippen molar-refractivity contribution < 1.29 is 19.1 Å². The van der Waals surface area contributed by atoms with Crippen molar-refractivity contribution in [1.82, 2.24) is 0 Å². The van der Waals surface area contributed by atoms with E-state index in [1.807, 2.05) is 12.6 Å². The summed E-state index contributed by atoms with van der Waals surface area (Å²) >= 11 is 0. The quantitative estimate of drug-likeness (QED) is 0.236. The summed E-state index contributed by atoms with van der Waals surface area (Å²) in [6.07, 6.45) is 2.76. The predicted octanol–water partition coefficient (Wildman–Crippen LogP) is 3.77. The summed E-state index contributed by atoms with van der Waals surface area (Å²) in [5, 5.41) is 0. The Kier molecular flexibility index (Phi) is 7.95. The van der Waals surface area contributed by atoms with Crippen LogP contribution in [0.15, 0.2) is 35.3 Å². The van der Waals surface area contributed by atoms with E-state index in [9.17, 15) is 9.59 Å². The van der Waals surface area contributed by atoms with Crippen molar-refractivity contribution in [2.24, 2.45) is 0 Å². The van der Waals surface area contributed by atoms with Crippen LogP contribution in [-0.2, 0) is 19.1 Å². The zero-order chi connectivity index (χ0) is 16.6. The fourth-order valence-corrected chi connectivity index (χ4v) is 2.82. The minimum Gasteiger partial charge on any atom is -0.466 e. The maximum absolute atomic E-state index is 12.2. The molecule has 5 heteroatoms. The molecule has 0 aliphatic heterocycles. The summed E-state index contributed by atoms with van der Waals surface area (Å²) in [6.45, 7) is 13.6. The Balaban J connectivity index is 5.37. The number of hydrogen-bond donors (Lipinski definition) is 0. The monoisotopic (exact) mass is 310 g/mol. The minimum absolute atomic E-state index is 0.323. The van der Waals surface area contributed by atoms with Crippen LogP contribution in [0.1, 0.15) is 26.7 Å². The van der Waals surface area contributed by atoms with Gasteiger partial charge < -0.3 is 9.47 Å². The molecule has 0 bridgehead atoms. The van der Waals surface area contributed by atoms with Crippen LogP contribution in [0.2, 0.25) is 19.6 Å². The van der Waals surface area contributed by atoms with E-state index < -0.39 is 20.0 Å². The van der Waals surface area contributed by atoms with E-state index in [1.165, 1.54) is 13.2 Å². The molecule has 21 heavy (non-hydrogen) atoms. The summed E-state index contributed by atoms with van der Waals surface area (Å²) in [5.74, 6) is -0.600. The molecule has 0 aliphatic carbocycles. The number of carbonyl (C=O) groups is 2. The Labute approximate surface area is 128 Å². The Bertz CT molecular complexity index is 467. The number of methoxy groups -OCH3 is 1. The van der Waals surface area contributed by atoms with E-state index >= 15 is 0 Å². The van der Waals surface area contributed by atoms with Gasteiger partial charge in [0.05, 0.1) is 26.3 Å². The van der Waals surface area contributed by atoms with Gasteiger partial charge in [0.15, 0.2) is 0 Å². The van der Waals surface area contributed by atoms with Crippen molar-refractivity contribution in [2.45, 2.75) is 46.3 Å². The van der Waals surface area contributed by atoms with Gasteiger partial charge in [-0.1, -0.05) is 44.9 Å². The fraction of sp³-hybridized carbons (Fsp3) is 0.500. The van der Waals surface area contributed by atoms with Gasteiger partial charge in [0.2, 0.25) is 0 Å².